The minimum absolute atomic E-state index is 0.436. The lowest BCUT2D eigenvalue weighted by Crippen LogP contribution is -2.42. The molecule has 0 bridgehead atoms. The average molecular weight is 495 g/mol. The molecule has 0 unspecified atom stereocenters. The molecular formula is C29H34N8. The molecule has 4 heterocycles. The molecule has 1 aromatic carbocycles. The zero-order chi connectivity index (χ0) is 24.9. The van der Waals surface area contributed by atoms with E-state index < -0.39 is 0 Å². The van der Waals surface area contributed by atoms with Crippen LogP contribution in [0.25, 0.3) is 22.8 Å². The molecule has 2 saturated carbocycles. The molecule has 0 saturated heterocycles. The third-order valence-electron chi connectivity index (χ3n) is 8.34. The Morgan fingerprint density at radius 2 is 1.27 bits per heavy atom. The summed E-state index contributed by atoms with van der Waals surface area (Å²) in [6.07, 6.45) is 16.9. The average Bonchev–Trinajstić information content (AvgIpc) is 3.54. The lowest BCUT2D eigenvalue weighted by molar-refractivity contribution is 0.411. The molecule has 3 aliphatic rings. The Bertz CT molecular complexity index is 1470. The number of para-hydroxylation sites is 2. The Hall–Kier alpha value is -3.55. The van der Waals surface area contributed by atoms with Crippen molar-refractivity contribution in [1.29, 1.82) is 0 Å². The summed E-state index contributed by atoms with van der Waals surface area (Å²) in [5.41, 5.74) is 3.69. The fourth-order valence-corrected chi connectivity index (χ4v) is 6.55. The zero-order valence-electron chi connectivity index (χ0n) is 21.8. The first-order valence-corrected chi connectivity index (χ1v) is 13.9. The van der Waals surface area contributed by atoms with Crippen LogP contribution in [0.5, 0.6) is 0 Å². The lowest BCUT2D eigenvalue weighted by Gasteiger charge is -2.37. The normalized spacial score (nSPS) is 19.9. The van der Waals surface area contributed by atoms with E-state index in [1.54, 1.807) is 4.63 Å². The Morgan fingerprint density at radius 1 is 0.703 bits per heavy atom. The van der Waals surface area contributed by atoms with E-state index in [0.717, 1.165) is 45.1 Å². The number of aryl methyl sites for hydroxylation is 2. The van der Waals surface area contributed by atoms with Crippen LogP contribution in [0, 0.1) is 13.8 Å². The number of allylic oxidation sites excluding steroid dienone is 1. The van der Waals surface area contributed by atoms with Gasteiger partial charge in [-0.3, -0.25) is 0 Å². The first-order chi connectivity index (χ1) is 18.2. The van der Waals surface area contributed by atoms with E-state index in [0.29, 0.717) is 12.1 Å². The van der Waals surface area contributed by atoms with Gasteiger partial charge in [0.15, 0.2) is 17.3 Å². The van der Waals surface area contributed by atoms with Crippen LogP contribution in [-0.2, 0) is 0 Å². The van der Waals surface area contributed by atoms with Crippen molar-refractivity contribution in [2.24, 2.45) is 0 Å². The van der Waals surface area contributed by atoms with Crippen LogP contribution >= 0.6 is 0 Å². The third-order valence-corrected chi connectivity index (χ3v) is 8.34. The van der Waals surface area contributed by atoms with E-state index >= 15 is 0 Å². The molecule has 190 valence electrons. The maximum Gasteiger partial charge on any atom is 0.185 e. The van der Waals surface area contributed by atoms with Crippen molar-refractivity contribution < 1.29 is 0 Å². The minimum atomic E-state index is 0.436. The van der Waals surface area contributed by atoms with Gasteiger partial charge in [-0.15, -0.1) is 9.73 Å². The quantitative estimate of drug-likeness (QED) is 0.396. The highest BCUT2D eigenvalue weighted by molar-refractivity contribution is 5.86. The van der Waals surface area contributed by atoms with Gasteiger partial charge in [0.1, 0.15) is 11.6 Å². The highest BCUT2D eigenvalue weighted by Crippen LogP contribution is 2.46. The van der Waals surface area contributed by atoms with Gasteiger partial charge < -0.3 is 9.80 Å². The van der Waals surface area contributed by atoms with Gasteiger partial charge in [-0.1, -0.05) is 50.7 Å². The Morgan fingerprint density at radius 3 is 1.84 bits per heavy atom. The number of rotatable bonds is 3. The predicted molar refractivity (Wildman–Crippen MR) is 146 cm³/mol. The van der Waals surface area contributed by atoms with Crippen LogP contribution < -0.4 is 15.0 Å². The summed E-state index contributed by atoms with van der Waals surface area (Å²) >= 11 is 0. The highest BCUT2D eigenvalue weighted by atomic mass is 15.5. The molecule has 3 aromatic heterocycles. The summed E-state index contributed by atoms with van der Waals surface area (Å²) in [6, 6.07) is 9.16. The van der Waals surface area contributed by atoms with Gasteiger partial charge in [0, 0.05) is 17.3 Å². The Labute approximate surface area is 217 Å². The molecule has 8 heteroatoms. The second-order valence-corrected chi connectivity index (χ2v) is 10.8. The Kier molecular flexibility index (Phi) is 5.55. The van der Waals surface area contributed by atoms with Crippen molar-refractivity contribution in [1.82, 2.24) is 29.8 Å². The Balaban J connectivity index is 1.44. The number of hydrogen-bond acceptors (Lipinski definition) is 7. The van der Waals surface area contributed by atoms with Crippen molar-refractivity contribution >= 4 is 34.4 Å². The smallest absolute Gasteiger partial charge is 0.185 e. The molecule has 1 aliphatic heterocycles. The molecule has 7 rings (SSSR count). The molecule has 37 heavy (non-hydrogen) atoms. The first kappa shape index (κ1) is 22.6. The number of nitrogens with zero attached hydrogens (tertiary/aromatic N) is 8. The molecule has 2 fully saturated rings. The van der Waals surface area contributed by atoms with Crippen LogP contribution in [0.4, 0.5) is 11.6 Å². The second-order valence-electron chi connectivity index (χ2n) is 10.8. The van der Waals surface area contributed by atoms with Crippen molar-refractivity contribution in [3.63, 3.8) is 0 Å². The van der Waals surface area contributed by atoms with Crippen molar-refractivity contribution in [3.8, 4) is 0 Å². The molecule has 0 atom stereocenters. The maximum atomic E-state index is 5.25. The molecule has 0 amide bonds. The zero-order valence-corrected chi connectivity index (χ0v) is 21.8. The molecular weight excluding hydrogens is 460 g/mol. The van der Waals surface area contributed by atoms with Crippen LogP contribution in [0.3, 0.4) is 0 Å². The van der Waals surface area contributed by atoms with Gasteiger partial charge >= 0.3 is 0 Å². The van der Waals surface area contributed by atoms with E-state index in [1.807, 2.05) is 13.8 Å². The standard InChI is InChI=1S/C29H34N8/c1-19-23(27-30-20(2)34-37(27)33-19)17-18-26-35(21-11-5-3-6-12-21)28-29(36(26)22-13-7-4-8-14-22)32-25-16-10-9-15-24(25)31-28/h9-10,15-18,21-22H,3-8,11-14H2,1-2H3/b23-17-. The fraction of sp³-hybridized carbons (Fsp3) is 0.483. The summed E-state index contributed by atoms with van der Waals surface area (Å²) in [6.45, 7) is 3.95. The fourth-order valence-electron chi connectivity index (χ4n) is 6.55. The van der Waals surface area contributed by atoms with E-state index in [-0.39, 0.29) is 0 Å². The largest absolute Gasteiger partial charge is 0.306 e. The number of anilines is 2. The first-order valence-electron chi connectivity index (χ1n) is 13.9. The van der Waals surface area contributed by atoms with Crippen LogP contribution in [0.1, 0.15) is 75.7 Å². The van der Waals surface area contributed by atoms with Gasteiger partial charge in [-0.25, -0.2) is 15.0 Å². The monoisotopic (exact) mass is 494 g/mol. The summed E-state index contributed by atoms with van der Waals surface area (Å²) in [5.74, 6) is 4.00. The molecule has 0 radical (unpaired) electrons. The predicted octanol–water partition coefficient (Wildman–Crippen LogP) is 5.02. The molecule has 2 aliphatic carbocycles. The third kappa shape index (κ3) is 3.85. The summed E-state index contributed by atoms with van der Waals surface area (Å²) < 4.78 is 1.66. The van der Waals surface area contributed by atoms with Gasteiger partial charge in [0.05, 0.1) is 16.7 Å². The summed E-state index contributed by atoms with van der Waals surface area (Å²) in [4.78, 5) is 20.2. The van der Waals surface area contributed by atoms with E-state index in [9.17, 15) is 0 Å². The lowest BCUT2D eigenvalue weighted by atomic mass is 9.93. The summed E-state index contributed by atoms with van der Waals surface area (Å²) in [5, 5.41) is 10.1. The molecule has 4 aromatic rings. The minimum Gasteiger partial charge on any atom is -0.306 e. The van der Waals surface area contributed by atoms with Crippen molar-refractivity contribution in [2.75, 3.05) is 9.80 Å². The van der Waals surface area contributed by atoms with Gasteiger partial charge in [-0.05, 0) is 63.8 Å². The summed E-state index contributed by atoms with van der Waals surface area (Å²) in [7, 11) is 0. The van der Waals surface area contributed by atoms with Crippen molar-refractivity contribution in [3.05, 3.63) is 52.9 Å². The number of aromatic nitrogens is 6. The number of benzene rings is 1. The number of fused-ring (bicyclic) bond motifs is 3. The number of hydrogen-bond donors (Lipinski definition) is 0. The van der Waals surface area contributed by atoms with Crippen LogP contribution in [0.2, 0.25) is 0 Å². The maximum absolute atomic E-state index is 5.25. The van der Waals surface area contributed by atoms with Crippen molar-refractivity contribution in [2.45, 2.75) is 90.1 Å². The van der Waals surface area contributed by atoms with Crippen LogP contribution in [0.15, 0.2) is 36.2 Å². The topological polar surface area (TPSA) is 75.3 Å². The molecule has 0 N–H and O–H groups in total. The SMILES string of the molecule is Cc1nc2/c(=C\C=C3N(C4CCCCC4)c4nc5ccccc5nc4N3C3CCCCC3)c(C)nn2n1. The van der Waals surface area contributed by atoms with E-state index in [1.165, 1.54) is 70.0 Å². The second kappa shape index (κ2) is 9.08. The molecule has 8 nitrogen and oxygen atoms in total. The van der Waals surface area contributed by atoms with Gasteiger partial charge in [0.25, 0.3) is 0 Å². The van der Waals surface area contributed by atoms with Crippen LogP contribution in [-0.4, -0.2) is 41.9 Å². The van der Waals surface area contributed by atoms with E-state index in [2.05, 4.69) is 61.4 Å². The highest BCUT2D eigenvalue weighted by Gasteiger charge is 2.42. The van der Waals surface area contributed by atoms with Gasteiger partial charge in [0.2, 0.25) is 0 Å². The van der Waals surface area contributed by atoms with Gasteiger partial charge in [-0.2, -0.15) is 5.10 Å². The molecule has 0 spiro atoms. The van der Waals surface area contributed by atoms with E-state index in [4.69, 9.17) is 9.97 Å².